The number of hydrogen-bond donors (Lipinski definition) is 2. The van der Waals surface area contributed by atoms with Crippen LogP contribution in [0.1, 0.15) is 42.0 Å². The van der Waals surface area contributed by atoms with Gasteiger partial charge in [0.2, 0.25) is 17.8 Å². The molecule has 220 valence electrons. The second-order valence-corrected chi connectivity index (χ2v) is 12.7. The maximum Gasteiger partial charge on any atom is 0.250 e. The van der Waals surface area contributed by atoms with Gasteiger partial charge in [0.15, 0.2) is 0 Å². The topological polar surface area (TPSA) is 87.6 Å². The standard InChI is InChI=1S/C31H33I2N7O.ClH/c1-20-12-14-40(15-13-20)31-37-29(35-27-11-7-8-21(2)22(27)3)36-30(38-31)39-34-18-24-16-25(32)17-26(33)28(24)41-19-23-9-5-4-6-10-23;/h4-11,16-18,20H,12-15,19H2,1-3H3,(H2,35,36,37,38,39);1H/b34-18+;. The number of benzene rings is 3. The number of ether oxygens (including phenoxy) is 1. The zero-order chi connectivity index (χ0) is 28.8. The summed E-state index contributed by atoms with van der Waals surface area (Å²) in [6.07, 6.45) is 3.99. The van der Waals surface area contributed by atoms with Crippen LogP contribution in [0.25, 0.3) is 0 Å². The molecule has 0 atom stereocenters. The smallest absolute Gasteiger partial charge is 0.250 e. The van der Waals surface area contributed by atoms with Crippen molar-refractivity contribution in [2.24, 2.45) is 11.0 Å². The highest BCUT2D eigenvalue weighted by molar-refractivity contribution is 14.1. The minimum Gasteiger partial charge on any atom is -0.487 e. The molecule has 0 radical (unpaired) electrons. The molecule has 0 unspecified atom stereocenters. The molecule has 42 heavy (non-hydrogen) atoms. The average molecular weight is 810 g/mol. The predicted molar refractivity (Wildman–Crippen MR) is 191 cm³/mol. The van der Waals surface area contributed by atoms with Crippen LogP contribution in [0.15, 0.2) is 65.8 Å². The van der Waals surface area contributed by atoms with Crippen LogP contribution in [0.4, 0.5) is 23.5 Å². The van der Waals surface area contributed by atoms with E-state index in [-0.39, 0.29) is 12.4 Å². The summed E-state index contributed by atoms with van der Waals surface area (Å²) in [6.45, 7) is 8.79. The van der Waals surface area contributed by atoms with E-state index in [9.17, 15) is 0 Å². The lowest BCUT2D eigenvalue weighted by molar-refractivity contribution is 0.303. The van der Waals surface area contributed by atoms with Crippen molar-refractivity contribution >= 4 is 87.3 Å². The highest BCUT2D eigenvalue weighted by Gasteiger charge is 2.20. The van der Waals surface area contributed by atoms with E-state index in [2.05, 4.69) is 122 Å². The summed E-state index contributed by atoms with van der Waals surface area (Å²) in [6, 6.07) is 20.5. The maximum atomic E-state index is 6.24. The molecule has 11 heteroatoms. The fourth-order valence-corrected chi connectivity index (χ4v) is 6.59. The molecule has 1 fully saturated rings. The average Bonchev–Trinajstić information content (AvgIpc) is 2.96. The molecule has 2 heterocycles. The van der Waals surface area contributed by atoms with E-state index in [0.717, 1.165) is 61.2 Å². The van der Waals surface area contributed by atoms with Gasteiger partial charge in [-0.15, -0.1) is 12.4 Å². The van der Waals surface area contributed by atoms with E-state index in [1.54, 1.807) is 6.21 Å². The maximum absolute atomic E-state index is 6.24. The molecule has 1 aromatic heterocycles. The van der Waals surface area contributed by atoms with E-state index in [4.69, 9.17) is 14.7 Å². The Bertz CT molecular complexity index is 1530. The van der Waals surface area contributed by atoms with Crippen molar-refractivity contribution in [3.05, 3.63) is 90.1 Å². The number of hydrazone groups is 1. The molecule has 0 amide bonds. The van der Waals surface area contributed by atoms with Gasteiger partial charge >= 0.3 is 0 Å². The molecule has 3 aromatic carbocycles. The van der Waals surface area contributed by atoms with Gasteiger partial charge in [-0.2, -0.15) is 20.1 Å². The fourth-order valence-electron chi connectivity index (χ4n) is 4.55. The number of rotatable bonds is 9. The van der Waals surface area contributed by atoms with E-state index in [0.29, 0.717) is 30.4 Å². The van der Waals surface area contributed by atoms with Crippen molar-refractivity contribution in [2.75, 3.05) is 28.7 Å². The van der Waals surface area contributed by atoms with Crippen LogP contribution < -0.4 is 20.4 Å². The third-order valence-corrected chi connectivity index (χ3v) is 8.60. The SMILES string of the molecule is Cc1cccc(Nc2nc(N/N=C/c3cc(I)cc(I)c3OCc3ccccc3)nc(N3CCC(C)CC3)n2)c1C.Cl. The molecule has 2 N–H and O–H groups in total. The van der Waals surface area contributed by atoms with E-state index < -0.39 is 0 Å². The number of nitrogens with zero attached hydrogens (tertiary/aromatic N) is 5. The molecule has 1 aliphatic rings. The summed E-state index contributed by atoms with van der Waals surface area (Å²) in [7, 11) is 0. The zero-order valence-corrected chi connectivity index (χ0v) is 28.9. The van der Waals surface area contributed by atoms with Crippen molar-refractivity contribution in [3.63, 3.8) is 0 Å². The number of hydrogen-bond acceptors (Lipinski definition) is 8. The Morgan fingerprint density at radius 2 is 1.71 bits per heavy atom. The predicted octanol–water partition coefficient (Wildman–Crippen LogP) is 8.12. The van der Waals surface area contributed by atoms with Crippen LogP contribution in [0, 0.1) is 26.9 Å². The van der Waals surface area contributed by atoms with Gasteiger partial charge < -0.3 is 15.0 Å². The van der Waals surface area contributed by atoms with Gasteiger partial charge in [0, 0.05) is 27.9 Å². The minimum absolute atomic E-state index is 0. The van der Waals surface area contributed by atoms with Crippen LogP contribution in [0.5, 0.6) is 5.75 Å². The largest absolute Gasteiger partial charge is 0.487 e. The molecule has 0 bridgehead atoms. The fraction of sp³-hybridized carbons (Fsp3) is 0.290. The highest BCUT2D eigenvalue weighted by atomic mass is 127. The van der Waals surface area contributed by atoms with Gasteiger partial charge in [-0.1, -0.05) is 49.4 Å². The van der Waals surface area contributed by atoms with Gasteiger partial charge in [-0.3, -0.25) is 0 Å². The normalized spacial score (nSPS) is 13.6. The third kappa shape index (κ3) is 8.44. The van der Waals surface area contributed by atoms with Crippen molar-refractivity contribution in [1.82, 2.24) is 15.0 Å². The first-order valence-corrected chi connectivity index (χ1v) is 15.8. The molecule has 0 spiro atoms. The molecular weight excluding hydrogens is 776 g/mol. The van der Waals surface area contributed by atoms with Gasteiger partial charge in [0.1, 0.15) is 12.4 Å². The number of piperidine rings is 1. The summed E-state index contributed by atoms with van der Waals surface area (Å²) in [5, 5.41) is 7.93. The van der Waals surface area contributed by atoms with Crippen molar-refractivity contribution < 1.29 is 4.74 Å². The Morgan fingerprint density at radius 3 is 2.48 bits per heavy atom. The molecule has 4 aromatic rings. The van der Waals surface area contributed by atoms with Crippen LogP contribution in [0.3, 0.4) is 0 Å². The zero-order valence-electron chi connectivity index (χ0n) is 23.8. The molecule has 0 aliphatic carbocycles. The molecule has 1 aliphatic heterocycles. The lowest BCUT2D eigenvalue weighted by Crippen LogP contribution is -2.34. The van der Waals surface area contributed by atoms with Crippen LogP contribution in [-0.2, 0) is 6.61 Å². The van der Waals surface area contributed by atoms with Crippen LogP contribution >= 0.6 is 57.6 Å². The summed E-state index contributed by atoms with van der Waals surface area (Å²) in [5.74, 6) is 3.00. The molecule has 1 saturated heterocycles. The van der Waals surface area contributed by atoms with E-state index >= 15 is 0 Å². The van der Waals surface area contributed by atoms with Gasteiger partial charge in [-0.05, 0) is 113 Å². The number of aromatic nitrogens is 3. The molecule has 0 saturated carbocycles. The van der Waals surface area contributed by atoms with Crippen LogP contribution in [-0.4, -0.2) is 34.3 Å². The van der Waals surface area contributed by atoms with Crippen molar-refractivity contribution in [2.45, 2.75) is 40.2 Å². The Kier molecular flexibility index (Phi) is 11.6. The monoisotopic (exact) mass is 809 g/mol. The highest BCUT2D eigenvalue weighted by Crippen LogP contribution is 2.29. The van der Waals surface area contributed by atoms with Gasteiger partial charge in [-0.25, -0.2) is 5.43 Å². The Labute approximate surface area is 280 Å². The first-order valence-electron chi connectivity index (χ1n) is 13.6. The number of nitrogens with one attached hydrogen (secondary N) is 2. The minimum atomic E-state index is 0. The van der Waals surface area contributed by atoms with Crippen molar-refractivity contribution in [1.29, 1.82) is 0 Å². The van der Waals surface area contributed by atoms with Gasteiger partial charge in [0.05, 0.1) is 9.78 Å². The molecule has 8 nitrogen and oxygen atoms in total. The summed E-state index contributed by atoms with van der Waals surface area (Å²) >= 11 is 4.62. The molecular formula is C31H34ClI2N7O. The number of aryl methyl sites for hydroxylation is 1. The Balaban J connectivity index is 0.00000405. The van der Waals surface area contributed by atoms with Gasteiger partial charge in [0.25, 0.3) is 0 Å². The second-order valence-electron chi connectivity index (χ2n) is 10.3. The van der Waals surface area contributed by atoms with E-state index in [1.165, 1.54) is 5.56 Å². The third-order valence-electron chi connectivity index (χ3n) is 7.17. The number of anilines is 4. The lowest BCUT2D eigenvalue weighted by atomic mass is 10.00. The van der Waals surface area contributed by atoms with Crippen LogP contribution in [0.2, 0.25) is 0 Å². The summed E-state index contributed by atoms with van der Waals surface area (Å²) in [4.78, 5) is 16.4. The first-order chi connectivity index (χ1) is 19.9. The van der Waals surface area contributed by atoms with Crippen molar-refractivity contribution in [3.8, 4) is 5.75 Å². The second kappa shape index (κ2) is 15.1. The molecule has 5 rings (SSSR count). The summed E-state index contributed by atoms with van der Waals surface area (Å²) in [5.41, 5.74) is 8.37. The summed E-state index contributed by atoms with van der Waals surface area (Å²) < 4.78 is 8.36. The Hall–Kier alpha value is -2.71. The Morgan fingerprint density at radius 1 is 0.976 bits per heavy atom. The number of halogens is 3. The first kappa shape index (κ1) is 32.2. The van der Waals surface area contributed by atoms with E-state index in [1.807, 2.05) is 30.3 Å². The lowest BCUT2D eigenvalue weighted by Gasteiger charge is -2.30. The quantitative estimate of drug-likeness (QED) is 0.100.